The average Bonchev–Trinajstić information content (AvgIpc) is 3.55. The predicted molar refractivity (Wildman–Crippen MR) is 181 cm³/mol. The molecule has 2 aliphatic rings. The Balaban J connectivity index is 1.35. The standard InChI is InChI=1S/C36H37FN4O2S/c1-6-16-41-32-20-30(37)25(18-29(32)23(2)21-36(41,3)4)19-33-34(42)40(17-15-24-22-38-31-10-8-7-9-28(24)31)35(44-33)39-26-11-13-27(43-5)14-12-26/h7-14,18-22,38H,6,15-17H2,1-5H3/b33-19+,39-35?. The van der Waals surface area contributed by atoms with Crippen molar-refractivity contribution >= 4 is 56.8 Å². The zero-order chi connectivity index (χ0) is 31.0. The molecule has 226 valence electrons. The molecule has 1 saturated heterocycles. The van der Waals surface area contributed by atoms with Gasteiger partial charge in [0.1, 0.15) is 11.6 Å². The van der Waals surface area contributed by atoms with E-state index < -0.39 is 0 Å². The van der Waals surface area contributed by atoms with Crippen molar-refractivity contribution in [3.63, 3.8) is 0 Å². The molecule has 4 aromatic rings. The SMILES string of the molecule is CCCN1c2cc(F)c(/C=C3/SC(=Nc4ccc(OC)cc4)N(CCc4c[nH]c5ccccc45)C3=O)cc2C(C)=CC1(C)C. The van der Waals surface area contributed by atoms with Gasteiger partial charge in [-0.15, -0.1) is 0 Å². The molecule has 1 fully saturated rings. The van der Waals surface area contributed by atoms with Crippen molar-refractivity contribution in [3.05, 3.63) is 100 Å². The van der Waals surface area contributed by atoms with Crippen molar-refractivity contribution in [2.45, 2.75) is 46.1 Å². The Morgan fingerprint density at radius 2 is 1.86 bits per heavy atom. The number of nitrogens with zero attached hydrogens (tertiary/aromatic N) is 3. The first-order valence-corrected chi connectivity index (χ1v) is 15.8. The molecular weight excluding hydrogens is 571 g/mol. The summed E-state index contributed by atoms with van der Waals surface area (Å²) in [5.74, 6) is 0.205. The largest absolute Gasteiger partial charge is 0.497 e. The summed E-state index contributed by atoms with van der Waals surface area (Å²) in [5.41, 5.74) is 6.06. The van der Waals surface area contributed by atoms with Crippen molar-refractivity contribution in [2.75, 3.05) is 25.1 Å². The number of hydrogen-bond donors (Lipinski definition) is 1. The fourth-order valence-electron chi connectivity index (χ4n) is 6.13. The van der Waals surface area contributed by atoms with Gasteiger partial charge in [0.25, 0.3) is 5.91 Å². The molecule has 3 aromatic carbocycles. The average molecular weight is 609 g/mol. The van der Waals surface area contributed by atoms with Crippen LogP contribution in [0.2, 0.25) is 0 Å². The molecule has 1 N–H and O–H groups in total. The van der Waals surface area contributed by atoms with Crippen LogP contribution in [0, 0.1) is 5.82 Å². The van der Waals surface area contributed by atoms with Crippen LogP contribution in [-0.2, 0) is 11.2 Å². The molecule has 6 rings (SSSR count). The maximum Gasteiger partial charge on any atom is 0.266 e. The van der Waals surface area contributed by atoms with Crippen LogP contribution in [0.15, 0.2) is 82.8 Å². The molecule has 0 bridgehead atoms. The molecule has 0 aliphatic carbocycles. The Hall–Kier alpha value is -4.30. The van der Waals surface area contributed by atoms with Crippen LogP contribution in [0.4, 0.5) is 15.8 Å². The number of nitrogens with one attached hydrogen (secondary N) is 1. The van der Waals surface area contributed by atoms with Gasteiger partial charge in [0, 0.05) is 47.0 Å². The Morgan fingerprint density at radius 1 is 1.09 bits per heavy atom. The van der Waals surface area contributed by atoms with Crippen molar-refractivity contribution in [1.82, 2.24) is 9.88 Å². The Bertz CT molecular complexity index is 1820. The number of para-hydroxylation sites is 1. The molecule has 1 amide bonds. The number of ether oxygens (including phenoxy) is 1. The molecule has 0 saturated carbocycles. The van der Waals surface area contributed by atoms with Crippen molar-refractivity contribution in [2.24, 2.45) is 4.99 Å². The number of hydrogen-bond acceptors (Lipinski definition) is 5. The maximum absolute atomic E-state index is 15.8. The number of anilines is 1. The monoisotopic (exact) mass is 608 g/mol. The minimum Gasteiger partial charge on any atom is -0.497 e. The van der Waals surface area contributed by atoms with Crippen LogP contribution in [0.5, 0.6) is 5.75 Å². The molecule has 1 aromatic heterocycles. The van der Waals surface area contributed by atoms with Crippen LogP contribution in [0.3, 0.4) is 0 Å². The number of allylic oxidation sites excluding steroid dienone is 1. The zero-order valence-corrected chi connectivity index (χ0v) is 26.6. The van der Waals surface area contributed by atoms with Crippen molar-refractivity contribution in [3.8, 4) is 5.75 Å². The first kappa shape index (κ1) is 29.8. The molecule has 44 heavy (non-hydrogen) atoms. The number of carbonyl (C=O) groups excluding carboxylic acids is 1. The second-order valence-electron chi connectivity index (χ2n) is 11.8. The number of rotatable bonds is 8. The Morgan fingerprint density at radius 3 is 2.61 bits per heavy atom. The maximum atomic E-state index is 15.8. The quantitative estimate of drug-likeness (QED) is 0.204. The summed E-state index contributed by atoms with van der Waals surface area (Å²) < 4.78 is 21.1. The van der Waals surface area contributed by atoms with E-state index in [4.69, 9.17) is 9.73 Å². The van der Waals surface area contributed by atoms with Crippen LogP contribution >= 0.6 is 11.8 Å². The number of halogens is 1. The van der Waals surface area contributed by atoms with E-state index in [0.29, 0.717) is 34.3 Å². The van der Waals surface area contributed by atoms with E-state index in [0.717, 1.165) is 52.0 Å². The van der Waals surface area contributed by atoms with Gasteiger partial charge in [-0.2, -0.15) is 0 Å². The molecule has 2 aliphatic heterocycles. The molecule has 0 unspecified atom stereocenters. The summed E-state index contributed by atoms with van der Waals surface area (Å²) >= 11 is 1.28. The summed E-state index contributed by atoms with van der Waals surface area (Å²) in [5, 5.41) is 1.70. The molecule has 6 nitrogen and oxygen atoms in total. The third-order valence-corrected chi connectivity index (χ3v) is 9.30. The minimum atomic E-state index is -0.345. The highest BCUT2D eigenvalue weighted by molar-refractivity contribution is 8.18. The molecule has 8 heteroatoms. The molecule has 0 spiro atoms. The Kier molecular flexibility index (Phi) is 8.12. The highest BCUT2D eigenvalue weighted by Gasteiger charge is 2.35. The van der Waals surface area contributed by atoms with Gasteiger partial charge >= 0.3 is 0 Å². The van der Waals surface area contributed by atoms with E-state index in [2.05, 4.69) is 49.7 Å². The number of benzene rings is 3. The first-order valence-electron chi connectivity index (χ1n) is 15.0. The lowest BCUT2D eigenvalue weighted by molar-refractivity contribution is -0.122. The summed E-state index contributed by atoms with van der Waals surface area (Å²) in [6.45, 7) is 9.79. The smallest absolute Gasteiger partial charge is 0.266 e. The summed E-state index contributed by atoms with van der Waals surface area (Å²) in [7, 11) is 1.62. The van der Waals surface area contributed by atoms with Crippen molar-refractivity contribution < 1.29 is 13.9 Å². The lowest BCUT2D eigenvalue weighted by Crippen LogP contribution is -2.45. The number of thioether (sulfide) groups is 1. The number of amidine groups is 1. The first-order chi connectivity index (χ1) is 21.2. The number of amides is 1. The third-order valence-electron chi connectivity index (χ3n) is 8.29. The van der Waals surface area contributed by atoms with Gasteiger partial charge in [0.15, 0.2) is 5.17 Å². The van der Waals surface area contributed by atoms with Gasteiger partial charge in [-0.25, -0.2) is 9.38 Å². The number of methoxy groups -OCH3 is 1. The van der Waals surface area contributed by atoms with Crippen LogP contribution in [-0.4, -0.2) is 46.7 Å². The topological polar surface area (TPSA) is 60.9 Å². The van der Waals surface area contributed by atoms with Gasteiger partial charge in [-0.05, 0) is 105 Å². The molecule has 0 atom stereocenters. The number of H-pyrrole nitrogens is 1. The van der Waals surface area contributed by atoms with Crippen LogP contribution < -0.4 is 9.64 Å². The molecular formula is C36H37FN4O2S. The zero-order valence-electron chi connectivity index (χ0n) is 25.8. The van der Waals surface area contributed by atoms with E-state index in [9.17, 15) is 4.79 Å². The number of aromatic nitrogens is 1. The third kappa shape index (κ3) is 5.66. The van der Waals surface area contributed by atoms with Gasteiger partial charge in [0.05, 0.1) is 23.2 Å². The number of aliphatic imine (C=N–C) groups is 1. The summed E-state index contributed by atoms with van der Waals surface area (Å²) in [4.78, 5) is 26.5. The van der Waals surface area contributed by atoms with Crippen molar-refractivity contribution in [1.29, 1.82) is 0 Å². The van der Waals surface area contributed by atoms with E-state index in [1.165, 1.54) is 11.8 Å². The normalized spacial score (nSPS) is 18.0. The predicted octanol–water partition coefficient (Wildman–Crippen LogP) is 8.57. The second kappa shape index (κ2) is 12.0. The Labute approximate surface area is 262 Å². The fourth-order valence-corrected chi connectivity index (χ4v) is 7.14. The van der Waals surface area contributed by atoms with E-state index >= 15 is 4.39 Å². The van der Waals surface area contributed by atoms with Gasteiger partial charge in [-0.1, -0.05) is 31.2 Å². The van der Waals surface area contributed by atoms with Crippen LogP contribution in [0.1, 0.15) is 50.8 Å². The molecule has 3 heterocycles. The van der Waals surface area contributed by atoms with Crippen LogP contribution in [0.25, 0.3) is 22.6 Å². The lowest BCUT2D eigenvalue weighted by atomic mass is 9.87. The molecule has 0 radical (unpaired) electrons. The number of fused-ring (bicyclic) bond motifs is 2. The van der Waals surface area contributed by atoms with E-state index in [1.54, 1.807) is 24.2 Å². The van der Waals surface area contributed by atoms with Gasteiger partial charge in [0.2, 0.25) is 0 Å². The van der Waals surface area contributed by atoms with E-state index in [1.807, 2.05) is 54.7 Å². The fraction of sp³-hybridized carbons (Fsp3) is 0.278. The number of carbonyl (C=O) groups is 1. The van der Waals surface area contributed by atoms with Gasteiger partial charge < -0.3 is 14.6 Å². The minimum absolute atomic E-state index is 0.180. The van der Waals surface area contributed by atoms with E-state index in [-0.39, 0.29) is 17.3 Å². The summed E-state index contributed by atoms with van der Waals surface area (Å²) in [6.07, 6.45) is 7.51. The second-order valence-corrected chi connectivity index (χ2v) is 12.8. The van der Waals surface area contributed by atoms with Gasteiger partial charge in [-0.3, -0.25) is 9.69 Å². The highest BCUT2D eigenvalue weighted by atomic mass is 32.2. The lowest BCUT2D eigenvalue weighted by Gasteiger charge is -2.43. The highest BCUT2D eigenvalue weighted by Crippen LogP contribution is 2.42. The number of aromatic amines is 1. The summed E-state index contributed by atoms with van der Waals surface area (Å²) in [6, 6.07) is 19.0.